The topological polar surface area (TPSA) is 132 Å². The van der Waals surface area contributed by atoms with E-state index in [0.29, 0.717) is 0 Å². The van der Waals surface area contributed by atoms with Gasteiger partial charge in [-0.1, -0.05) is 0 Å². The van der Waals surface area contributed by atoms with Crippen molar-refractivity contribution in [1.29, 1.82) is 0 Å². The van der Waals surface area contributed by atoms with Crippen molar-refractivity contribution in [2.45, 2.75) is 12.8 Å². The van der Waals surface area contributed by atoms with Gasteiger partial charge in [-0.15, -0.1) is 0 Å². The van der Waals surface area contributed by atoms with E-state index >= 15 is 0 Å². The number of carbonyl (C=O) groups excluding carboxylic acids is 2. The maximum atomic E-state index is 10.2. The Balaban J connectivity index is 0.000000255. The summed E-state index contributed by atoms with van der Waals surface area (Å²) in [4.78, 5) is 38.7. The maximum absolute atomic E-state index is 10.2. The number of aliphatic carboxylic acids is 2. The Bertz CT molecular complexity index is 256. The summed E-state index contributed by atoms with van der Waals surface area (Å²) in [5.41, 5.74) is 0. The molecule has 0 atom stereocenters. The van der Waals surface area contributed by atoms with E-state index in [9.17, 15) is 9.59 Å². The van der Waals surface area contributed by atoms with Crippen LogP contribution in [0.15, 0.2) is 0 Å². The fourth-order valence-corrected chi connectivity index (χ4v) is 0.565. The number of carbonyl (C=O) groups is 4. The first-order chi connectivity index (χ1) is 6.36. The van der Waals surface area contributed by atoms with Crippen LogP contribution in [-0.4, -0.2) is 44.2 Å². The van der Waals surface area contributed by atoms with Crippen LogP contribution in [0.25, 0.3) is 0 Å². The van der Waals surface area contributed by atoms with E-state index in [-0.39, 0.29) is 17.9 Å². The van der Waals surface area contributed by atoms with Gasteiger partial charge in [-0.25, -0.2) is 9.59 Å². The normalized spacial score (nSPS) is 14.8. The van der Waals surface area contributed by atoms with Gasteiger partial charge in [0.25, 0.3) is 11.8 Å². The summed E-state index contributed by atoms with van der Waals surface area (Å²) in [5.74, 6) is -4.66. The molecule has 0 radical (unpaired) electrons. The minimum atomic E-state index is -1.82. The van der Waals surface area contributed by atoms with E-state index in [4.69, 9.17) is 25.0 Å². The van der Waals surface area contributed by atoms with E-state index < -0.39 is 23.8 Å². The minimum absolute atomic E-state index is 0.148. The van der Waals surface area contributed by atoms with E-state index in [2.05, 4.69) is 0 Å². The largest absolute Gasteiger partial charge is 0.473 e. The number of imide groups is 1. The second kappa shape index (κ2) is 4.92. The van der Waals surface area contributed by atoms with Gasteiger partial charge >= 0.3 is 11.9 Å². The number of hydrogen-bond acceptors (Lipinski definition) is 5. The number of carboxylic acids is 2. The standard InChI is InChI=1S/C4H5NO3.C2H2O4/c6-3-1-2-4(7)5(3)8;3-1(4)2(5)6/h8H,1-2H2;(H,3,4)(H,5,6). The molecule has 8 nitrogen and oxygen atoms in total. The molecule has 0 aromatic heterocycles. The molecule has 1 rings (SSSR count). The number of nitrogens with zero attached hydrogens (tertiary/aromatic N) is 1. The Morgan fingerprint density at radius 1 is 1.00 bits per heavy atom. The predicted octanol–water partition coefficient (Wildman–Crippen LogP) is -1.32. The van der Waals surface area contributed by atoms with Crippen molar-refractivity contribution in [1.82, 2.24) is 5.06 Å². The van der Waals surface area contributed by atoms with Gasteiger partial charge < -0.3 is 10.2 Å². The molecular formula is C6H7NO7. The molecule has 1 saturated heterocycles. The second-order valence-electron chi connectivity index (χ2n) is 2.21. The number of rotatable bonds is 0. The molecule has 14 heavy (non-hydrogen) atoms. The zero-order chi connectivity index (χ0) is 11.3. The Kier molecular flexibility index (Phi) is 4.23. The van der Waals surface area contributed by atoms with Crippen LogP contribution in [-0.2, 0) is 19.2 Å². The van der Waals surface area contributed by atoms with E-state index in [1.807, 2.05) is 0 Å². The molecule has 8 heteroatoms. The van der Waals surface area contributed by atoms with Gasteiger partial charge in [0.15, 0.2) is 0 Å². The summed E-state index contributed by atoms with van der Waals surface area (Å²) in [6.45, 7) is 0. The Morgan fingerprint density at radius 2 is 1.29 bits per heavy atom. The van der Waals surface area contributed by atoms with Gasteiger partial charge in [-0.2, -0.15) is 5.06 Å². The molecule has 3 N–H and O–H groups in total. The molecule has 0 bridgehead atoms. The van der Waals surface area contributed by atoms with Gasteiger partial charge in [0, 0.05) is 12.8 Å². The highest BCUT2D eigenvalue weighted by Gasteiger charge is 2.26. The fourth-order valence-electron chi connectivity index (χ4n) is 0.565. The predicted molar refractivity (Wildman–Crippen MR) is 38.1 cm³/mol. The lowest BCUT2D eigenvalue weighted by atomic mass is 10.4. The molecule has 0 spiro atoms. The summed E-state index contributed by atoms with van der Waals surface area (Å²) in [6.07, 6.45) is 0.296. The Labute approximate surface area is 77.3 Å². The van der Waals surface area contributed by atoms with Crippen LogP contribution < -0.4 is 0 Å². The van der Waals surface area contributed by atoms with Crippen LogP contribution in [0, 0.1) is 0 Å². The zero-order valence-electron chi connectivity index (χ0n) is 6.84. The third kappa shape index (κ3) is 3.63. The van der Waals surface area contributed by atoms with Crippen LogP contribution in [0.2, 0.25) is 0 Å². The van der Waals surface area contributed by atoms with Crippen molar-refractivity contribution in [2.24, 2.45) is 0 Å². The molecule has 1 heterocycles. The Morgan fingerprint density at radius 3 is 1.36 bits per heavy atom. The van der Waals surface area contributed by atoms with E-state index in [1.165, 1.54) is 0 Å². The Hall–Kier alpha value is -1.96. The molecular weight excluding hydrogens is 198 g/mol. The van der Waals surface area contributed by atoms with E-state index in [1.54, 1.807) is 0 Å². The molecule has 1 aliphatic rings. The van der Waals surface area contributed by atoms with Crippen LogP contribution >= 0.6 is 0 Å². The number of amides is 2. The zero-order valence-corrected chi connectivity index (χ0v) is 6.84. The molecule has 0 aromatic carbocycles. The van der Waals surface area contributed by atoms with Gasteiger partial charge in [-0.05, 0) is 0 Å². The number of carboxylic acid groups (broad SMARTS) is 2. The fraction of sp³-hybridized carbons (Fsp3) is 0.333. The summed E-state index contributed by atoms with van der Waals surface area (Å²) in [5, 5.41) is 23.3. The average Bonchev–Trinajstić information content (AvgIpc) is 2.37. The van der Waals surface area contributed by atoms with Crippen LogP contribution in [0.5, 0.6) is 0 Å². The molecule has 0 saturated carbocycles. The highest BCUT2D eigenvalue weighted by Crippen LogP contribution is 2.06. The van der Waals surface area contributed by atoms with Gasteiger partial charge in [0.1, 0.15) is 0 Å². The van der Waals surface area contributed by atoms with Crippen molar-refractivity contribution in [3.63, 3.8) is 0 Å². The van der Waals surface area contributed by atoms with Crippen LogP contribution in [0.1, 0.15) is 12.8 Å². The lowest BCUT2D eigenvalue weighted by Crippen LogP contribution is -2.24. The van der Waals surface area contributed by atoms with Crippen molar-refractivity contribution in [3.05, 3.63) is 0 Å². The molecule has 0 unspecified atom stereocenters. The molecule has 0 aliphatic carbocycles. The quantitative estimate of drug-likeness (QED) is 0.254. The smallest absolute Gasteiger partial charge is 0.414 e. The lowest BCUT2D eigenvalue weighted by molar-refractivity contribution is -0.171. The molecule has 78 valence electrons. The third-order valence-corrected chi connectivity index (χ3v) is 1.21. The van der Waals surface area contributed by atoms with Crippen LogP contribution in [0.3, 0.4) is 0 Å². The molecule has 0 aromatic rings. The van der Waals surface area contributed by atoms with E-state index in [0.717, 1.165) is 0 Å². The summed E-state index contributed by atoms with van der Waals surface area (Å²) in [7, 11) is 0. The molecule has 1 aliphatic heterocycles. The molecule has 2 amide bonds. The average molecular weight is 205 g/mol. The summed E-state index contributed by atoms with van der Waals surface area (Å²) < 4.78 is 0. The highest BCUT2D eigenvalue weighted by atomic mass is 16.5. The van der Waals surface area contributed by atoms with Crippen molar-refractivity contribution in [2.75, 3.05) is 0 Å². The summed E-state index contributed by atoms with van der Waals surface area (Å²) >= 11 is 0. The SMILES string of the molecule is O=C(O)C(=O)O.O=C1CCC(=O)N1O. The minimum Gasteiger partial charge on any atom is -0.473 e. The first kappa shape index (κ1) is 12.0. The highest BCUT2D eigenvalue weighted by molar-refractivity contribution is 6.27. The second-order valence-corrected chi connectivity index (χ2v) is 2.21. The van der Waals surface area contributed by atoms with Gasteiger partial charge in [-0.3, -0.25) is 14.8 Å². The van der Waals surface area contributed by atoms with Gasteiger partial charge in [0.2, 0.25) is 0 Å². The summed E-state index contributed by atoms with van der Waals surface area (Å²) in [6, 6.07) is 0. The van der Waals surface area contributed by atoms with Crippen molar-refractivity contribution < 1.29 is 34.6 Å². The monoisotopic (exact) mass is 205 g/mol. The van der Waals surface area contributed by atoms with Gasteiger partial charge in [0.05, 0.1) is 0 Å². The van der Waals surface area contributed by atoms with Crippen molar-refractivity contribution >= 4 is 23.8 Å². The maximum Gasteiger partial charge on any atom is 0.414 e. The van der Waals surface area contributed by atoms with Crippen molar-refractivity contribution in [3.8, 4) is 0 Å². The van der Waals surface area contributed by atoms with Crippen LogP contribution in [0.4, 0.5) is 0 Å². The molecule has 1 fully saturated rings. The lowest BCUT2D eigenvalue weighted by Gasteiger charge is -1.98. The first-order valence-corrected chi connectivity index (χ1v) is 3.37. The number of hydroxylamine groups is 2. The first-order valence-electron chi connectivity index (χ1n) is 3.37. The third-order valence-electron chi connectivity index (χ3n) is 1.21. The number of hydrogen-bond donors (Lipinski definition) is 3.